The van der Waals surface area contributed by atoms with Crippen molar-refractivity contribution >= 4 is 90.9 Å². The lowest BCUT2D eigenvalue weighted by molar-refractivity contribution is 0.660. The van der Waals surface area contributed by atoms with Gasteiger partial charge in [0.2, 0.25) is 0 Å². The van der Waals surface area contributed by atoms with Crippen molar-refractivity contribution in [3.8, 4) is 33.4 Å². The van der Waals surface area contributed by atoms with E-state index in [2.05, 4.69) is 207 Å². The van der Waals surface area contributed by atoms with E-state index in [-0.39, 0.29) is 5.41 Å². The number of fused-ring (bicyclic) bond motifs is 11. The molecule has 0 unspecified atom stereocenters. The predicted molar refractivity (Wildman–Crippen MR) is 253 cm³/mol. The van der Waals surface area contributed by atoms with Crippen molar-refractivity contribution in [3.05, 3.63) is 199 Å². The Morgan fingerprint density at radius 1 is 0.379 bits per heavy atom. The number of hydrogen-bond donors (Lipinski definition) is 0. The van der Waals surface area contributed by atoms with Crippen molar-refractivity contribution in [2.24, 2.45) is 0 Å². The van der Waals surface area contributed by atoms with Gasteiger partial charge in [-0.2, -0.15) is 0 Å². The molecule has 11 aromatic rings. The molecule has 0 amide bonds. The molecule has 0 saturated heterocycles. The Hall–Kier alpha value is -6.52. The van der Waals surface area contributed by atoms with E-state index in [9.17, 15) is 0 Å². The summed E-state index contributed by atoms with van der Waals surface area (Å²) in [4.78, 5) is 2.41. The largest absolute Gasteiger partial charge is 0.310 e. The molecule has 2 heterocycles. The molecule has 0 atom stereocenters. The summed E-state index contributed by atoms with van der Waals surface area (Å²) in [6.07, 6.45) is 0. The summed E-state index contributed by atoms with van der Waals surface area (Å²) in [5.41, 5.74) is 13.9. The highest BCUT2D eigenvalue weighted by Crippen LogP contribution is 2.52. The number of hydrogen-bond acceptors (Lipinski definition) is 3. The van der Waals surface area contributed by atoms with E-state index < -0.39 is 0 Å². The summed E-state index contributed by atoms with van der Waals surface area (Å²) in [5.74, 6) is 0. The second-order valence-electron chi connectivity index (χ2n) is 16.1. The summed E-state index contributed by atoms with van der Waals surface area (Å²) in [6, 6.07) is 69.9. The fourth-order valence-corrected chi connectivity index (χ4v) is 12.1. The molecule has 3 heteroatoms. The van der Waals surface area contributed by atoms with Gasteiger partial charge in [-0.3, -0.25) is 0 Å². The summed E-state index contributed by atoms with van der Waals surface area (Å²) < 4.78 is 5.31. The highest BCUT2D eigenvalue weighted by Gasteiger charge is 2.36. The molecule has 12 rings (SSSR count). The van der Waals surface area contributed by atoms with E-state index in [4.69, 9.17) is 0 Å². The van der Waals surface area contributed by atoms with Gasteiger partial charge >= 0.3 is 0 Å². The molecular formula is C55H37NS2. The van der Waals surface area contributed by atoms with Crippen LogP contribution in [0.1, 0.15) is 25.0 Å². The van der Waals surface area contributed by atoms with Gasteiger partial charge in [0.15, 0.2) is 0 Å². The third-order valence-electron chi connectivity index (χ3n) is 12.5. The van der Waals surface area contributed by atoms with Crippen molar-refractivity contribution in [2.75, 3.05) is 4.90 Å². The van der Waals surface area contributed by atoms with Crippen LogP contribution in [0.3, 0.4) is 0 Å². The van der Waals surface area contributed by atoms with Gasteiger partial charge in [0.05, 0.1) is 0 Å². The Bertz CT molecular complexity index is 3420. The normalized spacial score (nSPS) is 13.1. The molecule has 2 aromatic heterocycles. The number of nitrogens with zero attached hydrogens (tertiary/aromatic N) is 1. The maximum absolute atomic E-state index is 2.41. The second kappa shape index (κ2) is 12.7. The molecule has 0 aliphatic heterocycles. The molecule has 1 aliphatic rings. The Kier molecular flexibility index (Phi) is 7.38. The van der Waals surface area contributed by atoms with E-state index in [1.54, 1.807) is 0 Å². The third-order valence-corrected chi connectivity index (χ3v) is 14.9. The van der Waals surface area contributed by atoms with E-state index in [1.165, 1.54) is 95.6 Å². The highest BCUT2D eigenvalue weighted by molar-refractivity contribution is 7.27. The molecule has 274 valence electrons. The average molecular weight is 776 g/mol. The van der Waals surface area contributed by atoms with Crippen molar-refractivity contribution in [2.45, 2.75) is 19.3 Å². The van der Waals surface area contributed by atoms with Crippen LogP contribution >= 0.6 is 22.7 Å². The fourth-order valence-electron chi connectivity index (χ4n) is 9.63. The van der Waals surface area contributed by atoms with Crippen LogP contribution in [0.4, 0.5) is 17.1 Å². The summed E-state index contributed by atoms with van der Waals surface area (Å²) >= 11 is 3.78. The van der Waals surface area contributed by atoms with Gasteiger partial charge in [-0.1, -0.05) is 159 Å². The molecular weight excluding hydrogens is 739 g/mol. The molecule has 0 bridgehead atoms. The van der Waals surface area contributed by atoms with Crippen LogP contribution in [0.2, 0.25) is 0 Å². The van der Waals surface area contributed by atoms with Crippen molar-refractivity contribution in [1.29, 1.82) is 0 Å². The first kappa shape index (κ1) is 33.6. The number of rotatable bonds is 5. The van der Waals surface area contributed by atoms with Crippen LogP contribution < -0.4 is 4.90 Å². The summed E-state index contributed by atoms with van der Waals surface area (Å²) in [6.45, 7) is 4.71. The number of anilines is 3. The minimum atomic E-state index is -0.0348. The van der Waals surface area contributed by atoms with Gasteiger partial charge in [0.25, 0.3) is 0 Å². The first-order chi connectivity index (χ1) is 28.5. The Balaban J connectivity index is 0.979. The molecule has 1 aliphatic carbocycles. The lowest BCUT2D eigenvalue weighted by Gasteiger charge is -2.26. The Morgan fingerprint density at radius 2 is 0.948 bits per heavy atom. The third kappa shape index (κ3) is 5.00. The van der Waals surface area contributed by atoms with Gasteiger partial charge < -0.3 is 4.90 Å². The van der Waals surface area contributed by atoms with Crippen LogP contribution in [0.15, 0.2) is 188 Å². The smallest absolute Gasteiger partial charge is 0.0476 e. The molecule has 1 nitrogen and oxygen atoms in total. The van der Waals surface area contributed by atoms with Crippen LogP contribution in [-0.2, 0) is 5.41 Å². The first-order valence-corrected chi connectivity index (χ1v) is 21.6. The topological polar surface area (TPSA) is 3.24 Å². The molecule has 58 heavy (non-hydrogen) atoms. The SMILES string of the molecule is CC1(C)c2ccccc2-c2c(-c3ccc(N(c4ccc(-c5cccc6c5sc5c7ccccc7ccc65)cc4)c4ccc5c(c4)sc4ccccc45)cc3)cccc21. The van der Waals surface area contributed by atoms with Crippen LogP contribution in [-0.4, -0.2) is 0 Å². The van der Waals surface area contributed by atoms with E-state index >= 15 is 0 Å². The minimum Gasteiger partial charge on any atom is -0.310 e. The maximum Gasteiger partial charge on any atom is 0.0476 e. The van der Waals surface area contributed by atoms with Gasteiger partial charge in [-0.15, -0.1) is 22.7 Å². The van der Waals surface area contributed by atoms with Crippen LogP contribution in [0, 0.1) is 0 Å². The van der Waals surface area contributed by atoms with E-state index in [1.807, 2.05) is 22.7 Å². The maximum atomic E-state index is 2.41. The van der Waals surface area contributed by atoms with Crippen LogP contribution in [0.25, 0.3) is 84.5 Å². The van der Waals surface area contributed by atoms with Crippen LogP contribution in [0.5, 0.6) is 0 Å². The van der Waals surface area contributed by atoms with E-state index in [0.29, 0.717) is 0 Å². The Morgan fingerprint density at radius 3 is 1.78 bits per heavy atom. The lowest BCUT2D eigenvalue weighted by atomic mass is 9.82. The fraction of sp³-hybridized carbons (Fsp3) is 0.0545. The first-order valence-electron chi connectivity index (χ1n) is 20.0. The molecule has 9 aromatic carbocycles. The zero-order chi connectivity index (χ0) is 38.5. The number of thiophene rings is 2. The quantitative estimate of drug-likeness (QED) is 0.168. The zero-order valence-electron chi connectivity index (χ0n) is 32.2. The molecule has 0 spiro atoms. The summed E-state index contributed by atoms with van der Waals surface area (Å²) in [7, 11) is 0. The lowest BCUT2D eigenvalue weighted by Crippen LogP contribution is -2.14. The van der Waals surface area contributed by atoms with Gasteiger partial charge in [0, 0.05) is 62.8 Å². The van der Waals surface area contributed by atoms with Gasteiger partial charge in [0.1, 0.15) is 0 Å². The highest BCUT2D eigenvalue weighted by atomic mass is 32.1. The molecule has 0 radical (unpaired) electrons. The van der Waals surface area contributed by atoms with Crippen molar-refractivity contribution in [3.63, 3.8) is 0 Å². The minimum absolute atomic E-state index is 0.0348. The van der Waals surface area contributed by atoms with Crippen molar-refractivity contribution in [1.82, 2.24) is 0 Å². The predicted octanol–water partition coefficient (Wildman–Crippen LogP) is 16.7. The molecule has 0 saturated carbocycles. The van der Waals surface area contributed by atoms with Gasteiger partial charge in [-0.05, 0) is 97.7 Å². The zero-order valence-corrected chi connectivity index (χ0v) is 33.8. The standard InChI is InChI=1S/C55H37NS2/c1-55(2)48-18-7-5-14-47(48)52-40(15-10-19-49(52)55)35-21-26-37(27-22-35)56(39-30-32-44-43-13-6-8-20-50(43)57-51(44)33-39)38-28-23-36(24-29-38)42-16-9-17-45-46-31-25-34-11-3-4-12-41(34)54(46)58-53(42)45/h3-33H,1-2H3. The van der Waals surface area contributed by atoms with Gasteiger partial charge in [-0.25, -0.2) is 0 Å². The monoisotopic (exact) mass is 775 g/mol. The average Bonchev–Trinajstić information content (AvgIpc) is 3.92. The molecule has 0 fully saturated rings. The molecule has 0 N–H and O–H groups in total. The van der Waals surface area contributed by atoms with E-state index in [0.717, 1.165) is 17.1 Å². The Labute approximate surface area is 345 Å². The van der Waals surface area contributed by atoms with Crippen molar-refractivity contribution < 1.29 is 0 Å². The summed E-state index contributed by atoms with van der Waals surface area (Å²) in [5, 5.41) is 7.89. The second-order valence-corrected chi connectivity index (χ2v) is 18.2. The number of benzene rings is 9.